The van der Waals surface area contributed by atoms with Crippen molar-refractivity contribution in [3.63, 3.8) is 0 Å². The normalized spacial score (nSPS) is 16.0. The summed E-state index contributed by atoms with van der Waals surface area (Å²) in [6.45, 7) is 9.05. The Morgan fingerprint density at radius 2 is 1.50 bits per heavy atom. The second-order valence-corrected chi connectivity index (χ2v) is 5.96. The highest BCUT2D eigenvalue weighted by molar-refractivity contribution is 9.09. The summed E-state index contributed by atoms with van der Waals surface area (Å²) in [4.78, 5) is 22.1. The number of rotatable bonds is 11. The van der Waals surface area contributed by atoms with Gasteiger partial charge in [0.2, 0.25) is 12.6 Å². The third-order valence-corrected chi connectivity index (χ3v) is 3.71. The summed E-state index contributed by atoms with van der Waals surface area (Å²) in [5.41, 5.74) is 0. The lowest BCUT2D eigenvalue weighted by Crippen LogP contribution is -2.21. The van der Waals surface area contributed by atoms with E-state index in [-0.39, 0.29) is 6.61 Å². The fourth-order valence-electron chi connectivity index (χ4n) is 1.06. The van der Waals surface area contributed by atoms with Crippen LogP contribution < -0.4 is 0 Å². The lowest BCUT2D eigenvalue weighted by atomic mass is 10.6. The Balaban J connectivity index is 4.79. The van der Waals surface area contributed by atoms with Crippen LogP contribution in [0, 0.1) is 0 Å². The largest absolute Gasteiger partial charge is 0.481 e. The first kappa shape index (κ1) is 21.0. The topological polar surface area (TPSA) is 97.4 Å². The highest BCUT2D eigenvalue weighted by Crippen LogP contribution is 2.51. The molecule has 0 aromatic heterocycles. The highest BCUT2D eigenvalue weighted by Gasteiger charge is 2.34. The van der Waals surface area contributed by atoms with Crippen molar-refractivity contribution in [3.05, 3.63) is 25.3 Å². The maximum Gasteiger partial charge on any atom is 0.481 e. The number of hydrogen-bond acceptors (Lipinski definition) is 8. The van der Waals surface area contributed by atoms with E-state index in [2.05, 4.69) is 29.1 Å². The molecule has 0 heterocycles. The standard InChI is InChI=1S/C12H18BrO8P/c1-5-11(14)18-9(3)20-22(16,17-8-7-13)21-10(4)19-12(15)6-2/h5-6,9-10H,1-2,7-8H2,3-4H3. The van der Waals surface area contributed by atoms with Gasteiger partial charge in [-0.05, 0) is 13.8 Å². The van der Waals surface area contributed by atoms with E-state index in [4.69, 9.17) is 23.0 Å². The summed E-state index contributed by atoms with van der Waals surface area (Å²) < 4.78 is 36.8. The minimum atomic E-state index is -4.13. The van der Waals surface area contributed by atoms with Gasteiger partial charge in [0.1, 0.15) is 0 Å². The number of ether oxygens (including phenoxy) is 2. The van der Waals surface area contributed by atoms with Crippen molar-refractivity contribution in [3.8, 4) is 0 Å². The first-order valence-electron chi connectivity index (χ1n) is 6.09. The van der Waals surface area contributed by atoms with Crippen molar-refractivity contribution in [1.29, 1.82) is 0 Å². The molecule has 0 saturated heterocycles. The van der Waals surface area contributed by atoms with Gasteiger partial charge in [0, 0.05) is 17.5 Å². The molecule has 0 spiro atoms. The van der Waals surface area contributed by atoms with Crippen LogP contribution in [-0.4, -0.2) is 36.5 Å². The number of carbonyl (C=O) groups excluding carboxylic acids is 2. The molecule has 0 aliphatic heterocycles. The Labute approximate surface area is 137 Å². The van der Waals surface area contributed by atoms with E-state index in [1.807, 2.05) is 0 Å². The third-order valence-electron chi connectivity index (χ3n) is 1.78. The smallest absolute Gasteiger partial charge is 0.432 e. The molecule has 0 aliphatic rings. The minimum absolute atomic E-state index is 0.0124. The van der Waals surface area contributed by atoms with E-state index in [0.717, 1.165) is 12.2 Å². The number of halogens is 1. The van der Waals surface area contributed by atoms with E-state index >= 15 is 0 Å². The molecule has 0 saturated carbocycles. The maximum atomic E-state index is 12.4. The van der Waals surface area contributed by atoms with Gasteiger partial charge in [-0.3, -0.25) is 4.52 Å². The number of carbonyl (C=O) groups is 2. The van der Waals surface area contributed by atoms with E-state index < -0.39 is 32.3 Å². The fourth-order valence-corrected chi connectivity index (χ4v) is 2.77. The van der Waals surface area contributed by atoms with E-state index in [0.29, 0.717) is 5.33 Å². The van der Waals surface area contributed by atoms with Crippen molar-refractivity contribution in [2.24, 2.45) is 0 Å². The predicted octanol–water partition coefficient (Wildman–Crippen LogP) is 2.69. The summed E-state index contributed by atoms with van der Waals surface area (Å²) in [7, 11) is -4.13. The van der Waals surface area contributed by atoms with E-state index in [1.165, 1.54) is 13.8 Å². The van der Waals surface area contributed by atoms with Gasteiger partial charge >= 0.3 is 19.8 Å². The molecule has 22 heavy (non-hydrogen) atoms. The molecule has 126 valence electrons. The highest BCUT2D eigenvalue weighted by atomic mass is 79.9. The van der Waals surface area contributed by atoms with E-state index in [1.54, 1.807) is 0 Å². The summed E-state index contributed by atoms with van der Waals surface area (Å²) in [5.74, 6) is -1.55. The van der Waals surface area contributed by atoms with Gasteiger partial charge in [-0.25, -0.2) is 23.2 Å². The molecule has 0 aromatic rings. The molecular formula is C12H18BrO8P. The average Bonchev–Trinajstić information content (AvgIpc) is 2.44. The predicted molar refractivity (Wildman–Crippen MR) is 81.0 cm³/mol. The van der Waals surface area contributed by atoms with Crippen LogP contribution in [0.1, 0.15) is 13.8 Å². The quantitative estimate of drug-likeness (QED) is 0.171. The van der Waals surface area contributed by atoms with E-state index in [9.17, 15) is 14.2 Å². The van der Waals surface area contributed by atoms with Gasteiger partial charge in [0.05, 0.1) is 6.61 Å². The molecule has 0 rings (SSSR count). The summed E-state index contributed by atoms with van der Waals surface area (Å²) >= 11 is 3.08. The lowest BCUT2D eigenvalue weighted by Gasteiger charge is -2.23. The van der Waals surface area contributed by atoms with Crippen LogP contribution >= 0.6 is 23.8 Å². The molecule has 0 N–H and O–H groups in total. The molecule has 0 amide bonds. The molecule has 8 nitrogen and oxygen atoms in total. The van der Waals surface area contributed by atoms with Crippen molar-refractivity contribution in [2.75, 3.05) is 11.9 Å². The molecule has 2 unspecified atom stereocenters. The summed E-state index contributed by atoms with van der Waals surface area (Å²) in [6.07, 6.45) is -0.623. The van der Waals surface area contributed by atoms with Crippen molar-refractivity contribution < 1.29 is 37.2 Å². The Kier molecular flexibility index (Phi) is 10.2. The molecule has 2 atom stereocenters. The van der Waals surface area contributed by atoms with Crippen molar-refractivity contribution >= 4 is 35.7 Å². The molecule has 0 radical (unpaired) electrons. The van der Waals surface area contributed by atoms with Gasteiger partial charge in [-0.15, -0.1) is 0 Å². The first-order valence-corrected chi connectivity index (χ1v) is 8.68. The van der Waals surface area contributed by atoms with Gasteiger partial charge < -0.3 is 9.47 Å². The van der Waals surface area contributed by atoms with Gasteiger partial charge in [-0.2, -0.15) is 0 Å². The zero-order valence-electron chi connectivity index (χ0n) is 12.2. The van der Waals surface area contributed by atoms with Crippen LogP contribution in [0.4, 0.5) is 0 Å². The Hall–Kier alpha value is -0.990. The summed E-state index contributed by atoms with van der Waals surface area (Å²) in [5, 5.41) is 0.353. The Morgan fingerprint density at radius 1 is 1.09 bits per heavy atom. The van der Waals surface area contributed by atoms with Crippen LogP contribution in [0.3, 0.4) is 0 Å². The minimum Gasteiger partial charge on any atom is -0.432 e. The average molecular weight is 401 g/mol. The lowest BCUT2D eigenvalue weighted by molar-refractivity contribution is -0.164. The summed E-state index contributed by atoms with van der Waals surface area (Å²) in [6, 6.07) is 0. The molecule has 0 aliphatic carbocycles. The Bertz CT molecular complexity index is 418. The molecular weight excluding hydrogens is 383 g/mol. The van der Waals surface area contributed by atoms with Gasteiger partial charge in [0.25, 0.3) is 0 Å². The van der Waals surface area contributed by atoms with Crippen LogP contribution in [0.5, 0.6) is 0 Å². The molecule has 0 aromatic carbocycles. The van der Waals surface area contributed by atoms with Crippen LogP contribution in [0.25, 0.3) is 0 Å². The number of phosphoric acid groups is 1. The van der Waals surface area contributed by atoms with Gasteiger partial charge in [0.15, 0.2) is 0 Å². The SMILES string of the molecule is C=CC(=O)OC(C)OP(=O)(OCCBr)OC(C)OC(=O)C=C. The maximum absolute atomic E-state index is 12.4. The van der Waals surface area contributed by atoms with Gasteiger partial charge in [-0.1, -0.05) is 29.1 Å². The van der Waals surface area contributed by atoms with Crippen LogP contribution in [-0.2, 0) is 37.2 Å². The van der Waals surface area contributed by atoms with Crippen LogP contribution in [0.2, 0.25) is 0 Å². The third kappa shape index (κ3) is 9.11. The number of esters is 2. The molecule has 10 heteroatoms. The van der Waals surface area contributed by atoms with Crippen molar-refractivity contribution in [1.82, 2.24) is 0 Å². The molecule has 0 fully saturated rings. The number of phosphoric ester groups is 1. The second-order valence-electron chi connectivity index (χ2n) is 3.60. The fraction of sp³-hybridized carbons (Fsp3) is 0.500. The molecule has 0 bridgehead atoms. The zero-order chi connectivity index (χ0) is 17.2. The number of alkyl halides is 1. The van der Waals surface area contributed by atoms with Crippen molar-refractivity contribution in [2.45, 2.75) is 26.4 Å². The Morgan fingerprint density at radius 3 is 1.82 bits per heavy atom. The first-order chi connectivity index (χ1) is 10.3. The van der Waals surface area contributed by atoms with Crippen LogP contribution in [0.15, 0.2) is 25.3 Å². The number of hydrogen-bond donors (Lipinski definition) is 0. The second kappa shape index (κ2) is 10.7. The monoisotopic (exact) mass is 400 g/mol. The zero-order valence-corrected chi connectivity index (χ0v) is 14.7.